The maximum atomic E-state index is 13.0. The number of carbonyl (C=O) groups is 2. The SMILES string of the molecule is O=C(CCl)NCC(NC(=O)c1sccc1C(F)F)C1CCCCC1. The molecule has 0 radical (unpaired) electrons. The maximum absolute atomic E-state index is 13.0. The molecular formula is C16H21ClF2N2O2S. The van der Waals surface area contributed by atoms with Crippen molar-refractivity contribution in [3.63, 3.8) is 0 Å². The molecular weight excluding hydrogens is 358 g/mol. The van der Waals surface area contributed by atoms with Crippen molar-refractivity contribution in [3.8, 4) is 0 Å². The van der Waals surface area contributed by atoms with Gasteiger partial charge in [-0.2, -0.15) is 0 Å². The number of halogens is 3. The number of amides is 2. The number of nitrogens with one attached hydrogen (secondary N) is 2. The van der Waals surface area contributed by atoms with Gasteiger partial charge in [-0.3, -0.25) is 9.59 Å². The van der Waals surface area contributed by atoms with Crippen LogP contribution in [0.3, 0.4) is 0 Å². The lowest BCUT2D eigenvalue weighted by atomic mass is 9.83. The van der Waals surface area contributed by atoms with Crippen LogP contribution in [0.2, 0.25) is 0 Å². The van der Waals surface area contributed by atoms with Crippen molar-refractivity contribution in [2.24, 2.45) is 5.92 Å². The van der Waals surface area contributed by atoms with Crippen molar-refractivity contribution in [1.29, 1.82) is 0 Å². The van der Waals surface area contributed by atoms with Crippen LogP contribution >= 0.6 is 22.9 Å². The van der Waals surface area contributed by atoms with Gasteiger partial charge in [0.1, 0.15) is 10.8 Å². The van der Waals surface area contributed by atoms with E-state index in [2.05, 4.69) is 10.6 Å². The van der Waals surface area contributed by atoms with Gasteiger partial charge in [-0.15, -0.1) is 22.9 Å². The molecule has 1 aromatic rings. The van der Waals surface area contributed by atoms with E-state index < -0.39 is 12.3 Å². The fourth-order valence-electron chi connectivity index (χ4n) is 3.05. The Bertz CT molecular complexity index is 562. The van der Waals surface area contributed by atoms with Crippen LogP contribution in [0.4, 0.5) is 8.78 Å². The van der Waals surface area contributed by atoms with Crippen LogP contribution in [0, 0.1) is 5.92 Å². The zero-order valence-electron chi connectivity index (χ0n) is 13.2. The Labute approximate surface area is 149 Å². The number of rotatable bonds is 7. The van der Waals surface area contributed by atoms with Gasteiger partial charge in [-0.05, 0) is 30.2 Å². The quantitative estimate of drug-likeness (QED) is 0.710. The minimum atomic E-state index is -2.68. The molecule has 2 rings (SSSR count). The monoisotopic (exact) mass is 378 g/mol. The molecule has 1 heterocycles. The number of alkyl halides is 3. The van der Waals surface area contributed by atoms with Crippen LogP contribution in [0.5, 0.6) is 0 Å². The molecule has 1 aliphatic rings. The highest BCUT2D eigenvalue weighted by Crippen LogP contribution is 2.29. The third-order valence-corrected chi connectivity index (χ3v) is 5.48. The average molecular weight is 379 g/mol. The fraction of sp³-hybridized carbons (Fsp3) is 0.625. The molecule has 0 spiro atoms. The van der Waals surface area contributed by atoms with Gasteiger partial charge < -0.3 is 10.6 Å². The van der Waals surface area contributed by atoms with Crippen LogP contribution in [-0.4, -0.2) is 30.3 Å². The second-order valence-electron chi connectivity index (χ2n) is 5.92. The molecule has 0 saturated heterocycles. The van der Waals surface area contributed by atoms with Crippen molar-refractivity contribution < 1.29 is 18.4 Å². The molecule has 2 amide bonds. The van der Waals surface area contributed by atoms with Crippen molar-refractivity contribution in [2.45, 2.75) is 44.6 Å². The summed E-state index contributed by atoms with van der Waals surface area (Å²) in [4.78, 5) is 23.9. The lowest BCUT2D eigenvalue weighted by Gasteiger charge is -2.31. The van der Waals surface area contributed by atoms with E-state index in [9.17, 15) is 18.4 Å². The lowest BCUT2D eigenvalue weighted by Crippen LogP contribution is -2.48. The summed E-state index contributed by atoms with van der Waals surface area (Å²) in [7, 11) is 0. The molecule has 0 bridgehead atoms. The van der Waals surface area contributed by atoms with Crippen molar-refractivity contribution >= 4 is 34.8 Å². The van der Waals surface area contributed by atoms with Crippen LogP contribution < -0.4 is 10.6 Å². The molecule has 1 unspecified atom stereocenters. The Hall–Kier alpha value is -1.21. The first kappa shape index (κ1) is 19.1. The molecule has 24 heavy (non-hydrogen) atoms. The first-order valence-electron chi connectivity index (χ1n) is 8.02. The highest BCUT2D eigenvalue weighted by atomic mass is 35.5. The summed E-state index contributed by atoms with van der Waals surface area (Å²) in [6.45, 7) is 0.261. The first-order valence-corrected chi connectivity index (χ1v) is 9.43. The molecule has 1 saturated carbocycles. The van der Waals surface area contributed by atoms with E-state index in [1.807, 2.05) is 0 Å². The average Bonchev–Trinajstić information content (AvgIpc) is 3.09. The van der Waals surface area contributed by atoms with E-state index in [0.717, 1.165) is 43.4 Å². The van der Waals surface area contributed by atoms with Crippen LogP contribution in [-0.2, 0) is 4.79 Å². The highest BCUT2D eigenvalue weighted by molar-refractivity contribution is 7.12. The minimum absolute atomic E-state index is 0.0366. The van der Waals surface area contributed by atoms with Crippen molar-refractivity contribution in [1.82, 2.24) is 10.6 Å². The third-order valence-electron chi connectivity index (χ3n) is 4.31. The van der Waals surface area contributed by atoms with Crippen molar-refractivity contribution in [3.05, 3.63) is 21.9 Å². The number of thiophene rings is 1. The normalized spacial score (nSPS) is 16.8. The fourth-order valence-corrected chi connectivity index (χ4v) is 3.96. The topological polar surface area (TPSA) is 58.2 Å². The predicted octanol–water partition coefficient (Wildman–Crippen LogP) is 3.72. The van der Waals surface area contributed by atoms with E-state index in [-0.39, 0.29) is 40.7 Å². The summed E-state index contributed by atoms with van der Waals surface area (Å²) in [5.74, 6) is -0.730. The summed E-state index contributed by atoms with van der Waals surface area (Å²) in [5.41, 5.74) is -0.246. The van der Waals surface area contributed by atoms with Crippen molar-refractivity contribution in [2.75, 3.05) is 12.4 Å². The summed E-state index contributed by atoms with van der Waals surface area (Å²) in [5, 5.41) is 7.02. The highest BCUT2D eigenvalue weighted by Gasteiger charge is 2.28. The Balaban J connectivity index is 2.06. The molecule has 8 heteroatoms. The van der Waals surface area contributed by atoms with Gasteiger partial charge >= 0.3 is 0 Å². The van der Waals surface area contributed by atoms with E-state index >= 15 is 0 Å². The van der Waals surface area contributed by atoms with Gasteiger partial charge in [0.05, 0.1) is 0 Å². The first-order chi connectivity index (χ1) is 11.5. The third kappa shape index (κ3) is 5.14. The molecule has 0 aromatic carbocycles. The molecule has 0 aliphatic heterocycles. The molecule has 134 valence electrons. The molecule has 2 N–H and O–H groups in total. The standard InChI is InChI=1S/C16H21ClF2N2O2S/c17-8-13(22)20-9-12(10-4-2-1-3-5-10)21-16(23)14-11(15(18)19)6-7-24-14/h6-7,10,12,15H,1-5,8-9H2,(H,20,22)(H,21,23). The number of carbonyl (C=O) groups excluding carboxylic acids is 2. The molecule has 1 aromatic heterocycles. The molecule has 1 atom stereocenters. The van der Waals surface area contributed by atoms with Crippen LogP contribution in [0.25, 0.3) is 0 Å². The summed E-state index contributed by atoms with van der Waals surface area (Å²) in [6.07, 6.45) is 2.53. The number of hydrogen-bond donors (Lipinski definition) is 2. The molecule has 1 aliphatic carbocycles. The zero-order chi connectivity index (χ0) is 17.5. The Morgan fingerprint density at radius 3 is 2.62 bits per heavy atom. The minimum Gasteiger partial charge on any atom is -0.353 e. The second kappa shape index (κ2) is 9.32. The Morgan fingerprint density at radius 2 is 2.00 bits per heavy atom. The van der Waals surface area contributed by atoms with E-state index in [1.165, 1.54) is 11.4 Å². The van der Waals surface area contributed by atoms with Gasteiger partial charge in [0, 0.05) is 18.2 Å². The lowest BCUT2D eigenvalue weighted by molar-refractivity contribution is -0.118. The largest absolute Gasteiger partial charge is 0.353 e. The van der Waals surface area contributed by atoms with Gasteiger partial charge in [-0.1, -0.05) is 19.3 Å². The van der Waals surface area contributed by atoms with E-state index in [4.69, 9.17) is 11.6 Å². The summed E-state index contributed by atoms with van der Waals surface area (Å²) >= 11 is 6.49. The predicted molar refractivity (Wildman–Crippen MR) is 90.8 cm³/mol. The van der Waals surface area contributed by atoms with E-state index in [1.54, 1.807) is 0 Å². The zero-order valence-corrected chi connectivity index (χ0v) is 14.8. The number of hydrogen-bond acceptors (Lipinski definition) is 3. The van der Waals surface area contributed by atoms with Gasteiger partial charge in [0.15, 0.2) is 0 Å². The summed E-state index contributed by atoms with van der Waals surface area (Å²) in [6, 6.07) is 0.993. The Morgan fingerprint density at radius 1 is 1.29 bits per heavy atom. The Kier molecular flexibility index (Phi) is 7.42. The van der Waals surface area contributed by atoms with E-state index in [0.29, 0.717) is 0 Å². The van der Waals surface area contributed by atoms with Crippen LogP contribution in [0.15, 0.2) is 11.4 Å². The van der Waals surface area contributed by atoms with Gasteiger partial charge in [0.25, 0.3) is 12.3 Å². The summed E-state index contributed by atoms with van der Waals surface area (Å²) < 4.78 is 25.9. The second-order valence-corrected chi connectivity index (χ2v) is 7.10. The molecule has 4 nitrogen and oxygen atoms in total. The van der Waals surface area contributed by atoms with Gasteiger partial charge in [-0.25, -0.2) is 8.78 Å². The smallest absolute Gasteiger partial charge is 0.265 e. The molecule has 1 fully saturated rings. The maximum Gasteiger partial charge on any atom is 0.265 e. The van der Waals surface area contributed by atoms with Gasteiger partial charge in [0.2, 0.25) is 5.91 Å². The van der Waals surface area contributed by atoms with Crippen LogP contribution in [0.1, 0.15) is 53.8 Å².